The van der Waals surface area contributed by atoms with Gasteiger partial charge >= 0.3 is 6.16 Å². The van der Waals surface area contributed by atoms with Crippen LogP contribution in [0.3, 0.4) is 0 Å². The van der Waals surface area contributed by atoms with Gasteiger partial charge in [-0.2, -0.15) is 0 Å². The molecule has 3 aromatic carbocycles. The molecule has 1 amide bonds. The molecule has 1 aliphatic heterocycles. The number of nitrogens with zero attached hydrogens (tertiary/aromatic N) is 1. The van der Waals surface area contributed by atoms with E-state index < -0.39 is 38.7 Å². The normalized spacial score (nSPS) is 18.5. The van der Waals surface area contributed by atoms with Gasteiger partial charge in [-0.05, 0) is 66.4 Å². The van der Waals surface area contributed by atoms with Crippen molar-refractivity contribution < 1.29 is 33.0 Å². The minimum Gasteiger partial charge on any atom is -0.497 e. The molecule has 1 heterocycles. The molecule has 1 fully saturated rings. The third-order valence-electron chi connectivity index (χ3n) is 9.39. The molecule has 0 N–H and O–H groups in total. The fourth-order valence-corrected chi connectivity index (χ4v) is 6.81. The van der Waals surface area contributed by atoms with Gasteiger partial charge in [0.15, 0.2) is 9.04 Å². The van der Waals surface area contributed by atoms with Gasteiger partial charge in [0, 0.05) is 12.0 Å². The summed E-state index contributed by atoms with van der Waals surface area (Å²) in [7, 11) is 1.85. The summed E-state index contributed by atoms with van der Waals surface area (Å²) in [6.45, 7) is 15.4. The lowest BCUT2D eigenvalue weighted by Gasteiger charge is -2.62. The highest BCUT2D eigenvalue weighted by Crippen LogP contribution is 2.55. The molecule has 4 atom stereocenters. The van der Waals surface area contributed by atoms with E-state index in [0.717, 1.165) is 28.2 Å². The molecule has 2 unspecified atom stereocenters. The Morgan fingerprint density at radius 2 is 1.37 bits per heavy atom. The van der Waals surface area contributed by atoms with Crippen LogP contribution >= 0.6 is 0 Å². The lowest BCUT2D eigenvalue weighted by Crippen LogP contribution is -2.73. The second-order valence-electron chi connectivity index (χ2n) is 13.5. The number of carbonyl (C=O) groups excluding carboxylic acids is 2. The number of likely N-dealkylation sites (tertiary alicyclic amines) is 1. The van der Waals surface area contributed by atoms with E-state index >= 15 is 0 Å². The van der Waals surface area contributed by atoms with Crippen LogP contribution in [0.5, 0.6) is 11.5 Å². The number of ether oxygens (including phenoxy) is 4. The molecule has 46 heavy (non-hydrogen) atoms. The highest BCUT2D eigenvalue weighted by atomic mass is 28.3. The molecule has 1 saturated heterocycles. The number of amides is 1. The first-order chi connectivity index (χ1) is 21.8. The van der Waals surface area contributed by atoms with Crippen molar-refractivity contribution >= 4 is 21.1 Å². The van der Waals surface area contributed by atoms with Crippen LogP contribution in [0.15, 0.2) is 78.9 Å². The third kappa shape index (κ3) is 7.58. The minimum absolute atomic E-state index is 0.0874. The second-order valence-corrected chi connectivity index (χ2v) is 16.0. The summed E-state index contributed by atoms with van der Waals surface area (Å²) in [4.78, 5) is 29.4. The molecular formula is C37H49NO7Si. The summed E-state index contributed by atoms with van der Waals surface area (Å²) in [5.74, 6) is 0.757. The van der Waals surface area contributed by atoms with Gasteiger partial charge < -0.3 is 28.3 Å². The number of methoxy groups -OCH3 is 2. The van der Waals surface area contributed by atoms with Gasteiger partial charge in [0.25, 0.3) is 0 Å². The fraction of sp³-hybridized carbons (Fsp3) is 0.459. The van der Waals surface area contributed by atoms with Crippen molar-refractivity contribution in [3.8, 4) is 11.5 Å². The van der Waals surface area contributed by atoms with Crippen molar-refractivity contribution in [3.63, 3.8) is 0 Å². The van der Waals surface area contributed by atoms with Crippen molar-refractivity contribution in [2.75, 3.05) is 20.8 Å². The average molecular weight is 648 g/mol. The highest BCUT2D eigenvalue weighted by Gasteiger charge is 2.63. The summed E-state index contributed by atoms with van der Waals surface area (Å²) in [6, 6.07) is 24.3. The zero-order valence-electron chi connectivity index (χ0n) is 28.6. The molecule has 0 bridgehead atoms. The van der Waals surface area contributed by atoms with Crippen LogP contribution in [0.1, 0.15) is 57.4 Å². The van der Waals surface area contributed by atoms with Gasteiger partial charge in [-0.3, -0.25) is 4.79 Å². The molecule has 248 valence electrons. The Labute approximate surface area is 275 Å². The van der Waals surface area contributed by atoms with E-state index in [-0.39, 0.29) is 24.0 Å². The van der Waals surface area contributed by atoms with Crippen molar-refractivity contribution in [1.29, 1.82) is 0 Å². The second kappa shape index (κ2) is 14.7. The van der Waals surface area contributed by atoms with Gasteiger partial charge in [0.1, 0.15) is 24.2 Å². The standard InChI is InChI=1S/C37H49NO7Si/c1-25(45-35(40)43-23-26-13-11-10-12-14-26)31-33(37(5,36(2,3)4)24-44-46(8)9)38(34(31)39)32(27-15-19-29(41-6)20-16-27)28-17-21-30(42-7)22-18-28/h10-22,25,31-33,46H,23-24H2,1-9H3/t25?,31-,33-,37?/m1/s1. The summed E-state index contributed by atoms with van der Waals surface area (Å²) in [5, 5.41) is 0. The Hall–Kier alpha value is -3.82. The minimum atomic E-state index is -1.41. The van der Waals surface area contributed by atoms with Crippen LogP contribution in [0.2, 0.25) is 13.1 Å². The zero-order valence-corrected chi connectivity index (χ0v) is 29.8. The maximum absolute atomic E-state index is 14.5. The maximum Gasteiger partial charge on any atom is 0.508 e. The Balaban J connectivity index is 1.76. The molecule has 3 aromatic rings. The molecular weight excluding hydrogens is 598 g/mol. The summed E-state index contributed by atoms with van der Waals surface area (Å²) < 4.78 is 28.6. The zero-order chi connectivity index (χ0) is 33.6. The molecule has 0 radical (unpaired) electrons. The molecule has 0 saturated carbocycles. The molecule has 0 aromatic heterocycles. The van der Waals surface area contributed by atoms with E-state index in [1.807, 2.05) is 83.8 Å². The quantitative estimate of drug-likeness (QED) is 0.109. The summed E-state index contributed by atoms with van der Waals surface area (Å²) in [6.07, 6.45) is -1.53. The Kier molecular flexibility index (Phi) is 11.2. The van der Waals surface area contributed by atoms with Crippen molar-refractivity contribution in [1.82, 2.24) is 4.90 Å². The van der Waals surface area contributed by atoms with E-state index in [0.29, 0.717) is 6.61 Å². The fourth-order valence-electron chi connectivity index (χ4n) is 6.13. The molecule has 0 spiro atoms. The van der Waals surface area contributed by atoms with Crippen molar-refractivity contribution in [2.45, 2.75) is 72.5 Å². The predicted octanol–water partition coefficient (Wildman–Crippen LogP) is 7.41. The van der Waals surface area contributed by atoms with Crippen molar-refractivity contribution in [3.05, 3.63) is 95.6 Å². The smallest absolute Gasteiger partial charge is 0.497 e. The molecule has 0 aliphatic carbocycles. The Morgan fingerprint density at radius 1 is 0.848 bits per heavy atom. The highest BCUT2D eigenvalue weighted by molar-refractivity contribution is 6.48. The molecule has 4 rings (SSSR count). The predicted molar refractivity (Wildman–Crippen MR) is 182 cm³/mol. The summed E-state index contributed by atoms with van der Waals surface area (Å²) in [5.41, 5.74) is 1.94. The van der Waals surface area contributed by atoms with E-state index in [4.69, 9.17) is 23.4 Å². The van der Waals surface area contributed by atoms with E-state index in [2.05, 4.69) is 40.8 Å². The molecule has 9 heteroatoms. The van der Waals surface area contributed by atoms with Crippen LogP contribution in [-0.2, 0) is 25.3 Å². The lowest BCUT2D eigenvalue weighted by atomic mass is 9.56. The van der Waals surface area contributed by atoms with Crippen LogP contribution < -0.4 is 9.47 Å². The van der Waals surface area contributed by atoms with Gasteiger partial charge in [0.05, 0.1) is 32.2 Å². The summed E-state index contributed by atoms with van der Waals surface area (Å²) >= 11 is 0. The Bertz CT molecular complexity index is 1390. The monoisotopic (exact) mass is 647 g/mol. The van der Waals surface area contributed by atoms with Crippen LogP contribution in [0.4, 0.5) is 4.79 Å². The first kappa shape index (κ1) is 35.0. The Morgan fingerprint density at radius 3 is 1.83 bits per heavy atom. The van der Waals surface area contributed by atoms with E-state index in [1.165, 1.54) is 0 Å². The third-order valence-corrected chi connectivity index (χ3v) is 10.2. The lowest BCUT2D eigenvalue weighted by molar-refractivity contribution is -0.193. The van der Waals surface area contributed by atoms with Gasteiger partial charge in [-0.15, -0.1) is 0 Å². The number of carbonyl (C=O) groups is 2. The topological polar surface area (TPSA) is 83.5 Å². The van der Waals surface area contributed by atoms with Gasteiger partial charge in [-0.25, -0.2) is 4.79 Å². The number of benzene rings is 3. The largest absolute Gasteiger partial charge is 0.508 e. The van der Waals surface area contributed by atoms with Crippen LogP contribution in [0.25, 0.3) is 0 Å². The van der Waals surface area contributed by atoms with E-state index in [9.17, 15) is 9.59 Å². The number of rotatable bonds is 13. The average Bonchev–Trinajstić information content (AvgIpc) is 3.03. The first-order valence-electron chi connectivity index (χ1n) is 15.9. The molecule has 1 aliphatic rings. The van der Waals surface area contributed by atoms with Gasteiger partial charge in [0.2, 0.25) is 5.91 Å². The number of hydrogen-bond acceptors (Lipinski definition) is 7. The number of hydrogen-bond donors (Lipinski definition) is 0. The maximum atomic E-state index is 14.5. The SMILES string of the molecule is COc1ccc(C(c2ccc(OC)cc2)N2C(=O)[C@H](C(C)OC(=O)OCc3ccccc3)[C@@H]2C(C)(CO[SiH](C)C)C(C)(C)C)cc1. The molecule has 8 nitrogen and oxygen atoms in total. The van der Waals surface area contributed by atoms with Gasteiger partial charge in [-0.1, -0.05) is 82.3 Å². The van der Waals surface area contributed by atoms with Crippen LogP contribution in [-0.4, -0.2) is 59.0 Å². The van der Waals surface area contributed by atoms with Crippen LogP contribution in [0, 0.1) is 16.7 Å². The first-order valence-corrected chi connectivity index (χ1v) is 18.7. The number of β-lactam (4-membered cyclic amide) rings is 1. The van der Waals surface area contributed by atoms with E-state index in [1.54, 1.807) is 21.1 Å². The van der Waals surface area contributed by atoms with Crippen molar-refractivity contribution in [2.24, 2.45) is 16.7 Å².